The number of benzene rings is 7. The van der Waals surface area contributed by atoms with Gasteiger partial charge in [-0.25, -0.2) is 0 Å². The van der Waals surface area contributed by atoms with Gasteiger partial charge in [-0.3, -0.25) is 0 Å². The van der Waals surface area contributed by atoms with Crippen molar-refractivity contribution in [1.29, 1.82) is 0 Å². The second kappa shape index (κ2) is 3.83. The smallest absolute Gasteiger partial charge is 0.124 e. The molecule has 0 aliphatic carbocycles. The molecule has 0 saturated carbocycles. The van der Waals surface area contributed by atoms with Crippen LogP contribution in [0.3, 0.4) is 0 Å². The lowest BCUT2D eigenvalue weighted by atomic mass is 9.82. The Morgan fingerprint density at radius 1 is 0.385 bits per heavy atom. The minimum absolute atomic E-state index is 0.289. The Labute approximate surface area is 147 Å². The lowest BCUT2D eigenvalue weighted by Gasteiger charge is -2.21. The van der Waals surface area contributed by atoms with Gasteiger partial charge in [0.05, 0.1) is 0 Å². The van der Waals surface area contributed by atoms with Crippen molar-refractivity contribution in [2.45, 2.75) is 0 Å². The molecule has 2 heteroatoms. The SMILES string of the molecule is Oc1cc2ccc3ccc4ccc5cc(O)c6ccc1c1c2c3c4c5c61. The van der Waals surface area contributed by atoms with Gasteiger partial charge in [0, 0.05) is 21.5 Å². The van der Waals surface area contributed by atoms with Gasteiger partial charge in [0.15, 0.2) is 0 Å². The minimum Gasteiger partial charge on any atom is -0.507 e. The molecular formula is C24H12O2. The van der Waals surface area contributed by atoms with Crippen LogP contribution in [0.1, 0.15) is 0 Å². The van der Waals surface area contributed by atoms with Crippen molar-refractivity contribution in [2.75, 3.05) is 0 Å². The van der Waals surface area contributed by atoms with Crippen LogP contribution in [-0.4, -0.2) is 10.2 Å². The predicted molar refractivity (Wildman–Crippen MR) is 108 cm³/mol. The van der Waals surface area contributed by atoms with E-state index in [4.69, 9.17) is 0 Å². The molecule has 0 aromatic heterocycles. The Morgan fingerprint density at radius 3 is 1.15 bits per heavy atom. The molecule has 0 radical (unpaired) electrons. The molecule has 2 nitrogen and oxygen atoms in total. The van der Waals surface area contributed by atoms with Gasteiger partial charge in [-0.05, 0) is 67.4 Å². The molecule has 120 valence electrons. The summed E-state index contributed by atoms with van der Waals surface area (Å²) >= 11 is 0. The first kappa shape index (κ1) is 12.8. The highest BCUT2D eigenvalue weighted by Crippen LogP contribution is 2.51. The van der Waals surface area contributed by atoms with E-state index in [1.807, 2.05) is 24.3 Å². The first-order valence-corrected chi connectivity index (χ1v) is 8.74. The highest BCUT2D eigenvalue weighted by Gasteiger charge is 2.22. The van der Waals surface area contributed by atoms with E-state index >= 15 is 0 Å². The average Bonchev–Trinajstić information content (AvgIpc) is 2.66. The van der Waals surface area contributed by atoms with Crippen molar-refractivity contribution < 1.29 is 10.2 Å². The van der Waals surface area contributed by atoms with Crippen molar-refractivity contribution in [3.05, 3.63) is 60.7 Å². The molecule has 0 atom stereocenters. The third kappa shape index (κ3) is 1.20. The highest BCUT2D eigenvalue weighted by atomic mass is 16.3. The normalized spacial score (nSPS) is 12.9. The summed E-state index contributed by atoms with van der Waals surface area (Å²) in [5.41, 5.74) is 0. The maximum absolute atomic E-state index is 10.6. The minimum atomic E-state index is 0.289. The Morgan fingerprint density at radius 2 is 0.731 bits per heavy atom. The van der Waals surface area contributed by atoms with Crippen LogP contribution in [0.4, 0.5) is 0 Å². The summed E-state index contributed by atoms with van der Waals surface area (Å²) in [6.07, 6.45) is 0. The van der Waals surface area contributed by atoms with Crippen LogP contribution in [0, 0.1) is 0 Å². The molecule has 0 unspecified atom stereocenters. The van der Waals surface area contributed by atoms with Crippen molar-refractivity contribution in [1.82, 2.24) is 0 Å². The first-order chi connectivity index (χ1) is 12.7. The second-order valence-corrected chi connectivity index (χ2v) is 7.29. The number of hydrogen-bond donors (Lipinski definition) is 2. The van der Waals surface area contributed by atoms with E-state index in [9.17, 15) is 10.2 Å². The zero-order valence-electron chi connectivity index (χ0n) is 13.7. The Balaban J connectivity index is 2.09. The summed E-state index contributed by atoms with van der Waals surface area (Å²) in [7, 11) is 0. The summed E-state index contributed by atoms with van der Waals surface area (Å²) in [6.45, 7) is 0. The second-order valence-electron chi connectivity index (χ2n) is 7.29. The lowest BCUT2D eigenvalue weighted by Crippen LogP contribution is -1.92. The van der Waals surface area contributed by atoms with E-state index in [2.05, 4.69) is 36.4 Å². The standard InChI is InChI=1S/C24H12O2/c25-17-9-13-5-3-11-1-2-12-4-6-14-10-18(26)16-8-7-15(17)23-21(13)19(11)20(12)22(14)24(16)23/h1-10,25-26H. The molecule has 7 rings (SSSR count). The van der Waals surface area contributed by atoms with Gasteiger partial charge >= 0.3 is 0 Å². The molecule has 0 saturated heterocycles. The van der Waals surface area contributed by atoms with Crippen molar-refractivity contribution in [3.63, 3.8) is 0 Å². The molecule has 0 aliphatic heterocycles. The fourth-order valence-corrected chi connectivity index (χ4v) is 5.04. The van der Waals surface area contributed by atoms with E-state index in [-0.39, 0.29) is 11.5 Å². The third-order valence-electron chi connectivity index (χ3n) is 6.07. The number of phenolic OH excluding ortho intramolecular Hbond substituents is 2. The van der Waals surface area contributed by atoms with E-state index in [1.54, 1.807) is 0 Å². The third-order valence-corrected chi connectivity index (χ3v) is 6.07. The molecule has 2 N–H and O–H groups in total. The van der Waals surface area contributed by atoms with Gasteiger partial charge in [-0.15, -0.1) is 0 Å². The molecule has 0 amide bonds. The summed E-state index contributed by atoms with van der Waals surface area (Å²) in [5, 5.41) is 34.4. The number of rotatable bonds is 0. The van der Waals surface area contributed by atoms with Gasteiger partial charge in [0.1, 0.15) is 11.5 Å². The molecule has 0 spiro atoms. The van der Waals surface area contributed by atoms with E-state index in [0.717, 1.165) is 32.3 Å². The summed E-state index contributed by atoms with van der Waals surface area (Å²) in [6, 6.07) is 20.3. The van der Waals surface area contributed by atoms with Crippen LogP contribution in [0.2, 0.25) is 0 Å². The van der Waals surface area contributed by atoms with Crippen LogP contribution < -0.4 is 0 Å². The molecule has 26 heavy (non-hydrogen) atoms. The Hall–Kier alpha value is -3.52. The molecule has 0 bridgehead atoms. The Kier molecular flexibility index (Phi) is 1.89. The predicted octanol–water partition coefficient (Wildman–Crippen LogP) is 6.33. The molecule has 0 fully saturated rings. The van der Waals surface area contributed by atoms with E-state index < -0.39 is 0 Å². The summed E-state index contributed by atoms with van der Waals surface area (Å²) < 4.78 is 0. The van der Waals surface area contributed by atoms with Crippen LogP contribution in [-0.2, 0) is 0 Å². The molecule has 7 aromatic rings. The zero-order chi connectivity index (χ0) is 17.2. The van der Waals surface area contributed by atoms with Crippen molar-refractivity contribution in [2.24, 2.45) is 0 Å². The van der Waals surface area contributed by atoms with Gasteiger partial charge in [0.2, 0.25) is 0 Å². The number of phenols is 2. The highest BCUT2D eigenvalue weighted by molar-refractivity contribution is 6.45. The molecule has 7 aromatic carbocycles. The van der Waals surface area contributed by atoms with Crippen LogP contribution >= 0.6 is 0 Å². The van der Waals surface area contributed by atoms with E-state index in [0.29, 0.717) is 0 Å². The molecular weight excluding hydrogens is 320 g/mol. The number of aromatic hydroxyl groups is 2. The zero-order valence-corrected chi connectivity index (χ0v) is 13.7. The van der Waals surface area contributed by atoms with Crippen molar-refractivity contribution >= 4 is 64.6 Å². The molecule has 0 aliphatic rings. The molecule has 0 heterocycles. The van der Waals surface area contributed by atoms with Gasteiger partial charge in [0.25, 0.3) is 0 Å². The Bertz CT molecular complexity index is 1520. The number of hydrogen-bond acceptors (Lipinski definition) is 2. The van der Waals surface area contributed by atoms with Crippen LogP contribution in [0.15, 0.2) is 60.7 Å². The largest absolute Gasteiger partial charge is 0.507 e. The topological polar surface area (TPSA) is 40.5 Å². The van der Waals surface area contributed by atoms with Crippen molar-refractivity contribution in [3.8, 4) is 11.5 Å². The monoisotopic (exact) mass is 332 g/mol. The summed E-state index contributed by atoms with van der Waals surface area (Å²) in [4.78, 5) is 0. The first-order valence-electron chi connectivity index (χ1n) is 8.74. The summed E-state index contributed by atoms with van der Waals surface area (Å²) in [5.74, 6) is 0.577. The fourth-order valence-electron chi connectivity index (χ4n) is 5.04. The average molecular weight is 332 g/mol. The van der Waals surface area contributed by atoms with Crippen LogP contribution in [0.25, 0.3) is 64.6 Å². The van der Waals surface area contributed by atoms with E-state index in [1.165, 1.54) is 32.3 Å². The quantitative estimate of drug-likeness (QED) is 0.252. The fraction of sp³-hybridized carbons (Fsp3) is 0. The lowest BCUT2D eigenvalue weighted by molar-refractivity contribution is 0.481. The van der Waals surface area contributed by atoms with Gasteiger partial charge < -0.3 is 10.2 Å². The maximum atomic E-state index is 10.6. The van der Waals surface area contributed by atoms with Crippen LogP contribution in [0.5, 0.6) is 11.5 Å². The van der Waals surface area contributed by atoms with Gasteiger partial charge in [-0.2, -0.15) is 0 Å². The van der Waals surface area contributed by atoms with Gasteiger partial charge in [-0.1, -0.05) is 36.4 Å². The maximum Gasteiger partial charge on any atom is 0.124 e.